The first kappa shape index (κ1) is 14.6. The highest BCUT2D eigenvalue weighted by molar-refractivity contribution is 5.77. The van der Waals surface area contributed by atoms with Gasteiger partial charge in [-0.2, -0.15) is 0 Å². The maximum Gasteiger partial charge on any atom is 0.0886 e. The maximum absolute atomic E-state index is 5.48. The van der Waals surface area contributed by atoms with Crippen molar-refractivity contribution in [3.8, 4) is 0 Å². The third-order valence-corrected chi connectivity index (χ3v) is 4.71. The summed E-state index contributed by atoms with van der Waals surface area (Å²) in [6.45, 7) is 10.5. The van der Waals surface area contributed by atoms with Gasteiger partial charge in [-0.05, 0) is 55.2 Å². The molecule has 2 aromatic heterocycles. The van der Waals surface area contributed by atoms with E-state index in [1.54, 1.807) is 0 Å². The Morgan fingerprint density at radius 1 is 1.33 bits per heavy atom. The van der Waals surface area contributed by atoms with Gasteiger partial charge in [-0.15, -0.1) is 0 Å². The molecule has 1 N–H and O–H groups in total. The number of aryl methyl sites for hydroxylation is 1. The lowest BCUT2D eigenvalue weighted by Crippen LogP contribution is -2.27. The van der Waals surface area contributed by atoms with Crippen molar-refractivity contribution < 1.29 is 4.74 Å². The maximum atomic E-state index is 5.48. The molecule has 1 unspecified atom stereocenters. The number of aromatic amines is 1. The third kappa shape index (κ3) is 2.98. The molecule has 0 aliphatic heterocycles. The number of nitrogens with zero attached hydrogens (tertiary/aromatic N) is 1. The highest BCUT2D eigenvalue weighted by atomic mass is 16.5. The van der Waals surface area contributed by atoms with Gasteiger partial charge < -0.3 is 9.72 Å². The van der Waals surface area contributed by atoms with Gasteiger partial charge in [0.2, 0.25) is 0 Å². The van der Waals surface area contributed by atoms with Crippen LogP contribution in [0, 0.1) is 11.3 Å². The standard InChI is InChI=1S/C18H26N2O/c1-5-21-11-14-10-17-16(19-14)9-12-8-13(18(2,3)4)6-7-15(12)20-17/h9-10,13,19H,5-8,11H2,1-4H3. The monoisotopic (exact) mass is 286 g/mol. The molecule has 0 fully saturated rings. The molecule has 2 aromatic rings. The second-order valence-corrected chi connectivity index (χ2v) is 7.26. The van der Waals surface area contributed by atoms with Crippen LogP contribution in [0.1, 0.15) is 51.1 Å². The number of ether oxygens (including phenoxy) is 1. The van der Waals surface area contributed by atoms with Crippen molar-refractivity contribution in [3.05, 3.63) is 29.1 Å². The van der Waals surface area contributed by atoms with E-state index in [-0.39, 0.29) is 0 Å². The fourth-order valence-corrected chi connectivity index (χ4v) is 3.29. The van der Waals surface area contributed by atoms with Gasteiger partial charge >= 0.3 is 0 Å². The first-order chi connectivity index (χ1) is 9.97. The molecule has 3 heteroatoms. The van der Waals surface area contributed by atoms with E-state index in [4.69, 9.17) is 9.72 Å². The van der Waals surface area contributed by atoms with Gasteiger partial charge in [0, 0.05) is 18.0 Å². The van der Waals surface area contributed by atoms with Gasteiger partial charge in [-0.1, -0.05) is 20.8 Å². The van der Waals surface area contributed by atoms with Gasteiger partial charge in [0.25, 0.3) is 0 Å². The lowest BCUT2D eigenvalue weighted by Gasteiger charge is -2.34. The van der Waals surface area contributed by atoms with Crippen LogP contribution in [0.25, 0.3) is 11.0 Å². The number of aromatic nitrogens is 2. The topological polar surface area (TPSA) is 37.9 Å². The quantitative estimate of drug-likeness (QED) is 0.916. The van der Waals surface area contributed by atoms with Gasteiger partial charge in [0.1, 0.15) is 0 Å². The summed E-state index contributed by atoms with van der Waals surface area (Å²) < 4.78 is 5.48. The minimum absolute atomic E-state index is 0.377. The minimum atomic E-state index is 0.377. The highest BCUT2D eigenvalue weighted by Crippen LogP contribution is 2.37. The van der Waals surface area contributed by atoms with Crippen LogP contribution in [0.4, 0.5) is 0 Å². The largest absolute Gasteiger partial charge is 0.376 e. The zero-order valence-electron chi connectivity index (χ0n) is 13.6. The molecule has 3 nitrogen and oxygen atoms in total. The van der Waals surface area contributed by atoms with E-state index in [9.17, 15) is 0 Å². The smallest absolute Gasteiger partial charge is 0.0886 e. The molecule has 3 rings (SSSR count). The molecule has 0 radical (unpaired) electrons. The Balaban J connectivity index is 1.90. The van der Waals surface area contributed by atoms with Crippen molar-refractivity contribution >= 4 is 11.0 Å². The molecule has 0 spiro atoms. The van der Waals surface area contributed by atoms with Crippen LogP contribution in [-0.4, -0.2) is 16.6 Å². The van der Waals surface area contributed by atoms with Crippen LogP contribution in [0.15, 0.2) is 12.1 Å². The van der Waals surface area contributed by atoms with Gasteiger partial charge in [0.05, 0.1) is 17.6 Å². The molecule has 0 saturated heterocycles. The summed E-state index contributed by atoms with van der Waals surface area (Å²) in [5, 5.41) is 0. The molecule has 21 heavy (non-hydrogen) atoms. The molecule has 114 valence electrons. The average molecular weight is 286 g/mol. The number of nitrogens with one attached hydrogen (secondary N) is 1. The lowest BCUT2D eigenvalue weighted by molar-refractivity contribution is 0.132. The Morgan fingerprint density at radius 2 is 2.14 bits per heavy atom. The predicted molar refractivity (Wildman–Crippen MR) is 86.4 cm³/mol. The van der Waals surface area contributed by atoms with Gasteiger partial charge in [-0.25, -0.2) is 0 Å². The third-order valence-electron chi connectivity index (χ3n) is 4.71. The minimum Gasteiger partial charge on any atom is -0.376 e. The van der Waals surface area contributed by atoms with Crippen LogP contribution in [0.3, 0.4) is 0 Å². The molecule has 0 bridgehead atoms. The summed E-state index contributed by atoms with van der Waals surface area (Å²) >= 11 is 0. The van der Waals surface area contributed by atoms with Crippen LogP contribution < -0.4 is 0 Å². The zero-order valence-corrected chi connectivity index (χ0v) is 13.6. The van der Waals surface area contributed by atoms with E-state index >= 15 is 0 Å². The average Bonchev–Trinajstić information content (AvgIpc) is 2.82. The molecule has 1 aliphatic rings. The van der Waals surface area contributed by atoms with E-state index in [0.29, 0.717) is 12.0 Å². The molecule has 1 atom stereocenters. The summed E-state index contributed by atoms with van der Waals surface area (Å²) in [5.41, 5.74) is 6.45. The van der Waals surface area contributed by atoms with Gasteiger partial charge in [-0.3, -0.25) is 4.98 Å². The zero-order chi connectivity index (χ0) is 15.0. The first-order valence-electron chi connectivity index (χ1n) is 8.05. The Kier molecular flexibility index (Phi) is 3.78. The normalized spacial score (nSPS) is 19.0. The predicted octanol–water partition coefficient (Wildman–Crippen LogP) is 4.25. The second kappa shape index (κ2) is 5.45. The fourth-order valence-electron chi connectivity index (χ4n) is 3.29. The van der Waals surface area contributed by atoms with Crippen LogP contribution >= 0.6 is 0 Å². The fraction of sp³-hybridized carbons (Fsp3) is 0.611. The van der Waals surface area contributed by atoms with E-state index in [1.807, 2.05) is 6.92 Å². The molecule has 0 amide bonds. The van der Waals surface area contributed by atoms with Crippen molar-refractivity contribution in [1.82, 2.24) is 9.97 Å². The van der Waals surface area contributed by atoms with Crippen molar-refractivity contribution in [3.63, 3.8) is 0 Å². The number of hydrogen-bond acceptors (Lipinski definition) is 2. The number of fused-ring (bicyclic) bond motifs is 2. The number of H-pyrrole nitrogens is 1. The summed E-state index contributed by atoms with van der Waals surface area (Å²) in [6.07, 6.45) is 3.52. The van der Waals surface area contributed by atoms with E-state index in [1.165, 1.54) is 17.7 Å². The molecule has 1 aliphatic carbocycles. The van der Waals surface area contributed by atoms with E-state index in [2.05, 4.69) is 37.9 Å². The Hall–Kier alpha value is -1.35. The SMILES string of the molecule is CCOCc1cc2nc3c(cc2[nH]1)CC(C(C)(C)C)CC3. The van der Waals surface area contributed by atoms with Crippen molar-refractivity contribution in [2.24, 2.45) is 11.3 Å². The number of hydrogen-bond donors (Lipinski definition) is 1. The summed E-state index contributed by atoms with van der Waals surface area (Å²) in [7, 11) is 0. The van der Waals surface area contributed by atoms with E-state index in [0.717, 1.165) is 42.1 Å². The Morgan fingerprint density at radius 3 is 2.86 bits per heavy atom. The van der Waals surface area contributed by atoms with Crippen LogP contribution in [0.5, 0.6) is 0 Å². The highest BCUT2D eigenvalue weighted by Gasteiger charge is 2.29. The van der Waals surface area contributed by atoms with Crippen molar-refractivity contribution in [2.45, 2.75) is 53.6 Å². The van der Waals surface area contributed by atoms with E-state index < -0.39 is 0 Å². The first-order valence-corrected chi connectivity index (χ1v) is 8.05. The molecule has 0 aromatic carbocycles. The Labute approximate surface area is 127 Å². The van der Waals surface area contributed by atoms with Crippen LogP contribution in [-0.2, 0) is 24.2 Å². The van der Waals surface area contributed by atoms with Crippen LogP contribution in [0.2, 0.25) is 0 Å². The second-order valence-electron chi connectivity index (χ2n) is 7.26. The van der Waals surface area contributed by atoms with Crippen molar-refractivity contribution in [1.29, 1.82) is 0 Å². The molecular weight excluding hydrogens is 260 g/mol. The van der Waals surface area contributed by atoms with Crippen molar-refractivity contribution in [2.75, 3.05) is 6.61 Å². The molecule has 0 saturated carbocycles. The summed E-state index contributed by atoms with van der Waals surface area (Å²) in [5.74, 6) is 0.752. The van der Waals surface area contributed by atoms with Gasteiger partial charge in [0.15, 0.2) is 0 Å². The summed E-state index contributed by atoms with van der Waals surface area (Å²) in [6, 6.07) is 4.44. The Bertz CT molecular complexity index is 636. The molecule has 2 heterocycles. The molecular formula is C18H26N2O. The number of pyridine rings is 1. The summed E-state index contributed by atoms with van der Waals surface area (Å²) in [4.78, 5) is 8.32. The lowest BCUT2D eigenvalue weighted by atomic mass is 9.71. The number of rotatable bonds is 3.